The topological polar surface area (TPSA) is 55.1 Å². The van der Waals surface area contributed by atoms with E-state index in [9.17, 15) is 4.79 Å². The molecular formula is C17H20N2O. The van der Waals surface area contributed by atoms with Gasteiger partial charge in [-0.05, 0) is 29.2 Å². The Morgan fingerprint density at radius 3 is 2.25 bits per heavy atom. The van der Waals surface area contributed by atoms with Gasteiger partial charge in [0.15, 0.2) is 0 Å². The standard InChI is InChI=1S/C17H20N2O/c1-13-6-2-3-9-16(13)12-19-17(20)10-14-7-4-5-8-15(14)11-18/h2-9H,10-12,18H2,1H3,(H,19,20). The Balaban J connectivity index is 1.95. The van der Waals surface area contributed by atoms with Crippen molar-refractivity contribution < 1.29 is 4.79 Å². The molecule has 0 aliphatic carbocycles. The molecule has 1 amide bonds. The zero-order valence-electron chi connectivity index (χ0n) is 11.7. The third-order valence-corrected chi connectivity index (χ3v) is 3.43. The Morgan fingerprint density at radius 2 is 1.60 bits per heavy atom. The van der Waals surface area contributed by atoms with Crippen molar-refractivity contribution in [3.63, 3.8) is 0 Å². The maximum atomic E-state index is 12.0. The Labute approximate surface area is 119 Å². The highest BCUT2D eigenvalue weighted by Gasteiger charge is 2.07. The van der Waals surface area contributed by atoms with Gasteiger partial charge in [-0.1, -0.05) is 48.5 Å². The molecule has 0 saturated heterocycles. The lowest BCUT2D eigenvalue weighted by Crippen LogP contribution is -2.25. The third-order valence-electron chi connectivity index (χ3n) is 3.43. The molecule has 0 radical (unpaired) electrons. The van der Waals surface area contributed by atoms with Gasteiger partial charge in [0.05, 0.1) is 6.42 Å². The van der Waals surface area contributed by atoms with Crippen molar-refractivity contribution in [2.75, 3.05) is 0 Å². The maximum Gasteiger partial charge on any atom is 0.224 e. The molecule has 0 aliphatic rings. The summed E-state index contributed by atoms with van der Waals surface area (Å²) in [5.74, 6) is 0.0224. The van der Waals surface area contributed by atoms with Gasteiger partial charge in [0.1, 0.15) is 0 Å². The van der Waals surface area contributed by atoms with Crippen LogP contribution in [-0.4, -0.2) is 5.91 Å². The van der Waals surface area contributed by atoms with E-state index < -0.39 is 0 Å². The fourth-order valence-corrected chi connectivity index (χ4v) is 2.17. The number of aryl methyl sites for hydroxylation is 1. The smallest absolute Gasteiger partial charge is 0.224 e. The lowest BCUT2D eigenvalue weighted by molar-refractivity contribution is -0.120. The summed E-state index contributed by atoms with van der Waals surface area (Å²) in [7, 11) is 0. The Kier molecular flexibility index (Phi) is 4.91. The number of amides is 1. The molecule has 0 saturated carbocycles. The van der Waals surface area contributed by atoms with Gasteiger partial charge in [-0.2, -0.15) is 0 Å². The van der Waals surface area contributed by atoms with Crippen molar-refractivity contribution in [3.8, 4) is 0 Å². The predicted octanol–water partition coefficient (Wildman–Crippen LogP) is 2.31. The van der Waals surface area contributed by atoms with Gasteiger partial charge in [0.25, 0.3) is 0 Å². The minimum Gasteiger partial charge on any atom is -0.352 e. The van der Waals surface area contributed by atoms with E-state index in [4.69, 9.17) is 5.73 Å². The van der Waals surface area contributed by atoms with E-state index in [0.717, 1.165) is 16.7 Å². The van der Waals surface area contributed by atoms with E-state index in [-0.39, 0.29) is 5.91 Å². The predicted molar refractivity (Wildman–Crippen MR) is 81.1 cm³/mol. The molecular weight excluding hydrogens is 248 g/mol. The highest BCUT2D eigenvalue weighted by molar-refractivity contribution is 5.78. The molecule has 20 heavy (non-hydrogen) atoms. The van der Waals surface area contributed by atoms with Crippen molar-refractivity contribution in [3.05, 3.63) is 70.8 Å². The van der Waals surface area contributed by atoms with E-state index in [0.29, 0.717) is 19.5 Å². The van der Waals surface area contributed by atoms with Crippen molar-refractivity contribution in [1.29, 1.82) is 0 Å². The van der Waals surface area contributed by atoms with Gasteiger partial charge >= 0.3 is 0 Å². The molecule has 2 aromatic rings. The first kappa shape index (κ1) is 14.3. The van der Waals surface area contributed by atoms with Gasteiger partial charge in [-0.15, -0.1) is 0 Å². The lowest BCUT2D eigenvalue weighted by atomic mass is 10.0. The Bertz CT molecular complexity index is 593. The molecule has 0 atom stereocenters. The second-order valence-electron chi connectivity index (χ2n) is 4.85. The number of hydrogen-bond acceptors (Lipinski definition) is 2. The fraction of sp³-hybridized carbons (Fsp3) is 0.235. The molecule has 0 spiro atoms. The number of nitrogens with two attached hydrogens (primary N) is 1. The lowest BCUT2D eigenvalue weighted by Gasteiger charge is -2.10. The summed E-state index contributed by atoms with van der Waals surface area (Å²) in [6.07, 6.45) is 0.374. The molecule has 0 aliphatic heterocycles. The summed E-state index contributed by atoms with van der Waals surface area (Å²) < 4.78 is 0. The van der Waals surface area contributed by atoms with Crippen LogP contribution in [0.2, 0.25) is 0 Å². The van der Waals surface area contributed by atoms with Crippen molar-refractivity contribution in [1.82, 2.24) is 5.32 Å². The maximum absolute atomic E-state index is 12.0. The van der Waals surface area contributed by atoms with Gasteiger partial charge in [0.2, 0.25) is 5.91 Å². The number of nitrogens with one attached hydrogen (secondary N) is 1. The van der Waals surface area contributed by atoms with Crippen LogP contribution in [-0.2, 0) is 24.3 Å². The Morgan fingerprint density at radius 1 is 1.00 bits per heavy atom. The molecule has 104 valence electrons. The first-order valence-electron chi connectivity index (χ1n) is 6.78. The van der Waals surface area contributed by atoms with Crippen LogP contribution in [0, 0.1) is 6.92 Å². The van der Waals surface area contributed by atoms with Crippen LogP contribution in [0.15, 0.2) is 48.5 Å². The second-order valence-corrected chi connectivity index (χ2v) is 4.85. The average molecular weight is 268 g/mol. The Hall–Kier alpha value is -2.13. The van der Waals surface area contributed by atoms with Gasteiger partial charge < -0.3 is 11.1 Å². The highest BCUT2D eigenvalue weighted by Crippen LogP contribution is 2.09. The molecule has 2 aromatic carbocycles. The van der Waals surface area contributed by atoms with E-state index in [1.807, 2.05) is 55.5 Å². The summed E-state index contributed by atoms with van der Waals surface area (Å²) in [5, 5.41) is 2.96. The van der Waals surface area contributed by atoms with E-state index in [1.165, 1.54) is 5.56 Å². The normalized spacial score (nSPS) is 10.3. The number of rotatable bonds is 5. The molecule has 0 fully saturated rings. The number of hydrogen-bond donors (Lipinski definition) is 2. The minimum absolute atomic E-state index is 0.0224. The SMILES string of the molecule is Cc1ccccc1CNC(=O)Cc1ccccc1CN. The second kappa shape index (κ2) is 6.87. The first-order valence-corrected chi connectivity index (χ1v) is 6.78. The molecule has 0 heterocycles. The van der Waals surface area contributed by atoms with Crippen LogP contribution in [0.1, 0.15) is 22.3 Å². The summed E-state index contributed by atoms with van der Waals surface area (Å²) in [6.45, 7) is 3.07. The number of carbonyl (C=O) groups excluding carboxylic acids is 1. The summed E-state index contributed by atoms with van der Waals surface area (Å²) in [6, 6.07) is 15.9. The molecule has 2 rings (SSSR count). The summed E-state index contributed by atoms with van der Waals surface area (Å²) in [4.78, 5) is 12.0. The van der Waals surface area contributed by atoms with Crippen LogP contribution >= 0.6 is 0 Å². The van der Waals surface area contributed by atoms with Crippen LogP contribution in [0.3, 0.4) is 0 Å². The zero-order valence-corrected chi connectivity index (χ0v) is 11.7. The molecule has 0 unspecified atom stereocenters. The van der Waals surface area contributed by atoms with Gasteiger partial charge in [-0.25, -0.2) is 0 Å². The number of benzene rings is 2. The van der Waals surface area contributed by atoms with E-state index in [2.05, 4.69) is 5.32 Å². The van der Waals surface area contributed by atoms with Crippen molar-refractivity contribution in [2.45, 2.75) is 26.4 Å². The highest BCUT2D eigenvalue weighted by atomic mass is 16.1. The average Bonchev–Trinajstić information content (AvgIpc) is 2.47. The van der Waals surface area contributed by atoms with Crippen LogP contribution < -0.4 is 11.1 Å². The van der Waals surface area contributed by atoms with Crippen LogP contribution in [0.25, 0.3) is 0 Å². The first-order chi connectivity index (χ1) is 9.70. The molecule has 3 nitrogen and oxygen atoms in total. The van der Waals surface area contributed by atoms with Gasteiger partial charge in [-0.3, -0.25) is 4.79 Å². The fourth-order valence-electron chi connectivity index (χ4n) is 2.17. The van der Waals surface area contributed by atoms with Crippen LogP contribution in [0.5, 0.6) is 0 Å². The molecule has 3 N–H and O–H groups in total. The largest absolute Gasteiger partial charge is 0.352 e. The van der Waals surface area contributed by atoms with E-state index in [1.54, 1.807) is 0 Å². The van der Waals surface area contributed by atoms with E-state index >= 15 is 0 Å². The molecule has 0 aromatic heterocycles. The minimum atomic E-state index is 0.0224. The van der Waals surface area contributed by atoms with Crippen molar-refractivity contribution in [2.24, 2.45) is 5.73 Å². The molecule has 0 bridgehead atoms. The quantitative estimate of drug-likeness (QED) is 0.874. The summed E-state index contributed by atoms with van der Waals surface area (Å²) in [5.41, 5.74) is 10.0. The van der Waals surface area contributed by atoms with Crippen LogP contribution in [0.4, 0.5) is 0 Å². The van der Waals surface area contributed by atoms with Gasteiger partial charge in [0, 0.05) is 13.1 Å². The molecule has 3 heteroatoms. The number of carbonyl (C=O) groups is 1. The zero-order chi connectivity index (χ0) is 14.4. The summed E-state index contributed by atoms with van der Waals surface area (Å²) >= 11 is 0. The third kappa shape index (κ3) is 3.68. The monoisotopic (exact) mass is 268 g/mol. The van der Waals surface area contributed by atoms with Crippen molar-refractivity contribution >= 4 is 5.91 Å².